The highest BCUT2D eigenvalue weighted by Crippen LogP contribution is 2.29. The fourth-order valence-corrected chi connectivity index (χ4v) is 2.13. The number of nitrogens with two attached hydrogens (primary N) is 1. The van der Waals surface area contributed by atoms with E-state index < -0.39 is 0 Å². The van der Waals surface area contributed by atoms with Gasteiger partial charge in [-0.3, -0.25) is 4.40 Å². The number of aromatic nitrogens is 2. The average Bonchev–Trinajstić information content (AvgIpc) is 2.84. The molecule has 0 radical (unpaired) electrons. The van der Waals surface area contributed by atoms with Gasteiger partial charge in [0, 0.05) is 17.8 Å². The van der Waals surface area contributed by atoms with E-state index in [1.165, 1.54) is 0 Å². The largest absolute Gasteiger partial charge is 0.497 e. The Morgan fingerprint density at radius 2 is 1.70 bits per heavy atom. The molecule has 0 aliphatic rings. The van der Waals surface area contributed by atoms with Crippen molar-refractivity contribution < 1.29 is 9.47 Å². The first kappa shape index (κ1) is 12.3. The van der Waals surface area contributed by atoms with Gasteiger partial charge in [0.05, 0.1) is 14.2 Å². The number of anilines is 1. The van der Waals surface area contributed by atoms with Gasteiger partial charge in [0.25, 0.3) is 0 Å². The number of pyridine rings is 1. The normalized spacial score (nSPS) is 10.7. The maximum Gasteiger partial charge on any atom is 0.142 e. The number of nitrogens with zero attached hydrogens (tertiary/aromatic N) is 2. The lowest BCUT2D eigenvalue weighted by Gasteiger charge is -2.02. The third-order valence-corrected chi connectivity index (χ3v) is 3.23. The van der Waals surface area contributed by atoms with Gasteiger partial charge in [-0.1, -0.05) is 0 Å². The average molecular weight is 269 g/mol. The van der Waals surface area contributed by atoms with Crippen LogP contribution in [0.1, 0.15) is 0 Å². The highest BCUT2D eigenvalue weighted by atomic mass is 16.5. The van der Waals surface area contributed by atoms with Crippen molar-refractivity contribution in [1.29, 1.82) is 0 Å². The van der Waals surface area contributed by atoms with Crippen LogP contribution in [0.15, 0.2) is 42.6 Å². The molecule has 2 N–H and O–H groups in total. The van der Waals surface area contributed by atoms with Crippen molar-refractivity contribution in [2.24, 2.45) is 0 Å². The van der Waals surface area contributed by atoms with Crippen LogP contribution in [0.25, 0.3) is 16.9 Å². The van der Waals surface area contributed by atoms with Gasteiger partial charge in [-0.05, 0) is 30.3 Å². The van der Waals surface area contributed by atoms with Gasteiger partial charge in [0.15, 0.2) is 0 Å². The Balaban J connectivity index is 2.12. The van der Waals surface area contributed by atoms with Crippen molar-refractivity contribution in [2.75, 3.05) is 20.0 Å². The Morgan fingerprint density at radius 3 is 2.35 bits per heavy atom. The van der Waals surface area contributed by atoms with Crippen molar-refractivity contribution in [2.45, 2.75) is 0 Å². The lowest BCUT2D eigenvalue weighted by molar-refractivity contribution is 0.414. The molecule has 3 rings (SSSR count). The van der Waals surface area contributed by atoms with Gasteiger partial charge in [0.1, 0.15) is 28.7 Å². The van der Waals surface area contributed by atoms with Crippen LogP contribution in [-0.2, 0) is 0 Å². The molecule has 0 atom stereocenters. The monoisotopic (exact) mass is 269 g/mol. The molecule has 0 fully saturated rings. The number of rotatable bonds is 3. The Hall–Kier alpha value is -2.69. The van der Waals surface area contributed by atoms with Crippen LogP contribution >= 0.6 is 0 Å². The minimum absolute atomic E-state index is 0.604. The van der Waals surface area contributed by atoms with E-state index in [1.807, 2.05) is 47.0 Å². The lowest BCUT2D eigenvalue weighted by Crippen LogP contribution is -1.94. The predicted molar refractivity (Wildman–Crippen MR) is 78.1 cm³/mol. The molecule has 0 saturated heterocycles. The first-order chi connectivity index (χ1) is 9.72. The molecule has 0 saturated carbocycles. The number of methoxy groups -OCH3 is 2. The van der Waals surface area contributed by atoms with Crippen LogP contribution < -0.4 is 15.2 Å². The molecule has 2 aromatic heterocycles. The summed E-state index contributed by atoms with van der Waals surface area (Å²) >= 11 is 0. The molecule has 3 aromatic rings. The molecule has 102 valence electrons. The number of nitrogen functional groups attached to an aromatic ring is 1. The van der Waals surface area contributed by atoms with Gasteiger partial charge in [-0.2, -0.15) is 0 Å². The molecule has 0 aliphatic carbocycles. The Labute approximate surface area is 116 Å². The minimum atomic E-state index is 0.604. The topological polar surface area (TPSA) is 61.8 Å². The zero-order chi connectivity index (χ0) is 14.1. The second-order valence-corrected chi connectivity index (χ2v) is 4.37. The van der Waals surface area contributed by atoms with Crippen molar-refractivity contribution in [3.05, 3.63) is 42.6 Å². The predicted octanol–water partition coefficient (Wildman–Crippen LogP) is 2.60. The van der Waals surface area contributed by atoms with Crippen LogP contribution in [0.5, 0.6) is 11.5 Å². The quantitative estimate of drug-likeness (QED) is 0.794. The van der Waals surface area contributed by atoms with Crippen LogP contribution in [0, 0.1) is 0 Å². The number of ether oxygens (including phenoxy) is 2. The third kappa shape index (κ3) is 1.93. The smallest absolute Gasteiger partial charge is 0.142 e. The molecule has 0 unspecified atom stereocenters. The summed E-state index contributed by atoms with van der Waals surface area (Å²) in [7, 11) is 3.27. The summed E-state index contributed by atoms with van der Waals surface area (Å²) in [5, 5.41) is 0. The van der Waals surface area contributed by atoms with Crippen molar-refractivity contribution >= 4 is 11.5 Å². The van der Waals surface area contributed by atoms with Crippen LogP contribution in [0.3, 0.4) is 0 Å². The van der Waals surface area contributed by atoms with Gasteiger partial charge in [-0.15, -0.1) is 0 Å². The molecule has 0 aliphatic heterocycles. The molecular weight excluding hydrogens is 254 g/mol. The van der Waals surface area contributed by atoms with Crippen LogP contribution in [0.2, 0.25) is 0 Å². The maximum absolute atomic E-state index is 6.16. The second-order valence-electron chi connectivity index (χ2n) is 4.37. The standard InChI is InChI=1S/C15H15N3O2/c1-19-11-5-3-10(4-6-11)14-15(16)18-8-7-12(20-2)9-13(18)17-14/h3-9H,16H2,1-2H3. The summed E-state index contributed by atoms with van der Waals surface area (Å²) in [5.41, 5.74) is 8.62. The number of benzene rings is 1. The summed E-state index contributed by atoms with van der Waals surface area (Å²) < 4.78 is 12.2. The maximum atomic E-state index is 6.16. The molecule has 5 nitrogen and oxygen atoms in total. The van der Waals surface area contributed by atoms with Crippen molar-refractivity contribution in [1.82, 2.24) is 9.38 Å². The Bertz CT molecular complexity index is 748. The summed E-state index contributed by atoms with van der Waals surface area (Å²) in [4.78, 5) is 4.56. The molecule has 2 heterocycles. The van der Waals surface area contributed by atoms with E-state index in [0.29, 0.717) is 5.82 Å². The van der Waals surface area contributed by atoms with Crippen molar-refractivity contribution in [3.8, 4) is 22.8 Å². The molecular formula is C15H15N3O2. The molecule has 0 amide bonds. The molecule has 5 heteroatoms. The Kier molecular flexibility index (Phi) is 2.95. The van der Waals surface area contributed by atoms with Gasteiger partial charge in [0.2, 0.25) is 0 Å². The van der Waals surface area contributed by atoms with E-state index in [0.717, 1.165) is 28.4 Å². The van der Waals surface area contributed by atoms with Gasteiger partial charge < -0.3 is 15.2 Å². The zero-order valence-corrected chi connectivity index (χ0v) is 11.3. The van der Waals surface area contributed by atoms with Crippen LogP contribution in [-0.4, -0.2) is 23.6 Å². The van der Waals surface area contributed by atoms with E-state index in [4.69, 9.17) is 15.2 Å². The number of hydrogen-bond acceptors (Lipinski definition) is 4. The summed E-state index contributed by atoms with van der Waals surface area (Å²) in [5.74, 6) is 2.16. The van der Waals surface area contributed by atoms with E-state index in [-0.39, 0.29) is 0 Å². The molecule has 0 bridgehead atoms. The molecule has 20 heavy (non-hydrogen) atoms. The molecule has 1 aromatic carbocycles. The zero-order valence-electron chi connectivity index (χ0n) is 11.3. The highest BCUT2D eigenvalue weighted by Gasteiger charge is 2.11. The van der Waals surface area contributed by atoms with Gasteiger partial charge in [-0.25, -0.2) is 4.98 Å². The van der Waals surface area contributed by atoms with E-state index >= 15 is 0 Å². The summed E-state index contributed by atoms with van der Waals surface area (Å²) in [6.45, 7) is 0. The van der Waals surface area contributed by atoms with E-state index in [9.17, 15) is 0 Å². The SMILES string of the molecule is COc1ccc(-c2nc3cc(OC)ccn3c2N)cc1. The fraction of sp³-hybridized carbons (Fsp3) is 0.133. The van der Waals surface area contributed by atoms with Gasteiger partial charge >= 0.3 is 0 Å². The number of hydrogen-bond donors (Lipinski definition) is 1. The first-order valence-electron chi connectivity index (χ1n) is 6.19. The first-order valence-corrected chi connectivity index (χ1v) is 6.19. The highest BCUT2D eigenvalue weighted by molar-refractivity contribution is 5.75. The third-order valence-electron chi connectivity index (χ3n) is 3.23. The second kappa shape index (κ2) is 4.77. The lowest BCUT2D eigenvalue weighted by atomic mass is 10.1. The van der Waals surface area contributed by atoms with E-state index in [2.05, 4.69) is 4.98 Å². The number of fused-ring (bicyclic) bond motifs is 1. The number of imidazole rings is 1. The summed E-state index contributed by atoms with van der Waals surface area (Å²) in [6.07, 6.45) is 1.85. The summed E-state index contributed by atoms with van der Waals surface area (Å²) in [6, 6.07) is 11.4. The minimum Gasteiger partial charge on any atom is -0.497 e. The van der Waals surface area contributed by atoms with Crippen LogP contribution in [0.4, 0.5) is 5.82 Å². The molecule has 0 spiro atoms. The van der Waals surface area contributed by atoms with E-state index in [1.54, 1.807) is 14.2 Å². The Morgan fingerprint density at radius 1 is 1.00 bits per heavy atom. The fourth-order valence-electron chi connectivity index (χ4n) is 2.13. The van der Waals surface area contributed by atoms with Crippen molar-refractivity contribution in [3.63, 3.8) is 0 Å².